The van der Waals surface area contributed by atoms with Crippen molar-refractivity contribution < 1.29 is 14.3 Å². The monoisotopic (exact) mass is 434 g/mol. The average molecular weight is 435 g/mol. The van der Waals surface area contributed by atoms with Gasteiger partial charge in [-0.05, 0) is 68.1 Å². The number of thiocarbonyl (C=S) groups is 1. The summed E-state index contributed by atoms with van der Waals surface area (Å²) in [6.07, 6.45) is 1.57. The average Bonchev–Trinajstić information content (AvgIpc) is 2.76. The Morgan fingerprint density at radius 1 is 1.17 bits per heavy atom. The van der Waals surface area contributed by atoms with Crippen LogP contribution in [-0.2, 0) is 4.79 Å². The van der Waals surface area contributed by atoms with Crippen molar-refractivity contribution in [1.29, 1.82) is 0 Å². The highest BCUT2D eigenvalue weighted by atomic mass is 32.1. The van der Waals surface area contributed by atoms with Crippen LogP contribution >= 0.6 is 12.2 Å². The van der Waals surface area contributed by atoms with Gasteiger partial charge >= 0.3 is 0 Å². The Labute approximate surface area is 184 Å². The predicted octanol–water partition coefficient (Wildman–Crippen LogP) is 2.17. The highest BCUT2D eigenvalue weighted by Gasteiger charge is 2.33. The molecule has 3 N–H and O–H groups in total. The Morgan fingerprint density at radius 2 is 1.80 bits per heavy atom. The maximum absolute atomic E-state index is 12.9. The fourth-order valence-electron chi connectivity index (χ4n) is 3.48. The van der Waals surface area contributed by atoms with Crippen LogP contribution in [0.2, 0.25) is 0 Å². The molecule has 0 saturated carbocycles. The van der Waals surface area contributed by atoms with E-state index in [2.05, 4.69) is 20.9 Å². The zero-order chi connectivity index (χ0) is 22.1. The molecule has 2 rings (SSSR count). The molecule has 0 radical (unpaired) electrons. The number of rotatable bonds is 8. The van der Waals surface area contributed by atoms with Crippen molar-refractivity contribution in [3.63, 3.8) is 0 Å². The third kappa shape index (κ3) is 6.86. The molecule has 30 heavy (non-hydrogen) atoms. The summed E-state index contributed by atoms with van der Waals surface area (Å²) in [5.41, 5.74) is 0.503. The van der Waals surface area contributed by atoms with Gasteiger partial charge in [0.25, 0.3) is 5.91 Å². The first-order chi connectivity index (χ1) is 14.3. The molecule has 1 saturated heterocycles. The van der Waals surface area contributed by atoms with Crippen LogP contribution in [0.3, 0.4) is 0 Å². The molecule has 0 aliphatic carbocycles. The van der Waals surface area contributed by atoms with Gasteiger partial charge in [0.15, 0.2) is 5.11 Å². The Kier molecular flexibility index (Phi) is 9.36. The van der Waals surface area contributed by atoms with Crippen LogP contribution in [0.25, 0.3) is 0 Å². The Bertz CT molecular complexity index is 716. The molecule has 0 aromatic heterocycles. The predicted molar refractivity (Wildman–Crippen MR) is 123 cm³/mol. The molecular formula is C22H34N4O3S. The van der Waals surface area contributed by atoms with Crippen molar-refractivity contribution in [2.24, 2.45) is 11.8 Å². The van der Waals surface area contributed by atoms with Crippen LogP contribution in [0, 0.1) is 11.8 Å². The van der Waals surface area contributed by atoms with E-state index < -0.39 is 6.04 Å². The normalized spacial score (nSPS) is 15.4. The van der Waals surface area contributed by atoms with Crippen molar-refractivity contribution in [1.82, 2.24) is 20.9 Å². The van der Waals surface area contributed by atoms with E-state index in [-0.39, 0.29) is 17.7 Å². The first kappa shape index (κ1) is 23.9. The van der Waals surface area contributed by atoms with Gasteiger partial charge < -0.3 is 25.6 Å². The van der Waals surface area contributed by atoms with Gasteiger partial charge in [0.05, 0.1) is 7.11 Å². The minimum Gasteiger partial charge on any atom is -0.497 e. The second-order valence-corrected chi connectivity index (χ2v) is 8.37. The number of carbonyl (C=O) groups excluding carboxylic acids is 2. The molecule has 1 aromatic carbocycles. The van der Waals surface area contributed by atoms with Crippen LogP contribution in [0.4, 0.5) is 0 Å². The third-order valence-corrected chi connectivity index (χ3v) is 5.63. The molecule has 1 aliphatic heterocycles. The fourth-order valence-corrected chi connectivity index (χ4v) is 3.80. The fraction of sp³-hybridized carbons (Fsp3) is 0.591. The number of hydrogen-bond acceptors (Lipinski definition) is 4. The summed E-state index contributed by atoms with van der Waals surface area (Å²) in [6.45, 7) is 9.01. The molecule has 1 heterocycles. The summed E-state index contributed by atoms with van der Waals surface area (Å²) < 4.78 is 5.15. The van der Waals surface area contributed by atoms with E-state index in [1.807, 2.05) is 20.8 Å². The van der Waals surface area contributed by atoms with Crippen LogP contribution in [0.5, 0.6) is 5.75 Å². The highest BCUT2D eigenvalue weighted by Crippen LogP contribution is 2.22. The molecule has 166 valence electrons. The number of carbonyl (C=O) groups is 2. The van der Waals surface area contributed by atoms with Gasteiger partial charge in [0.1, 0.15) is 11.8 Å². The summed E-state index contributed by atoms with van der Waals surface area (Å²) >= 11 is 5.41. The maximum Gasteiger partial charge on any atom is 0.251 e. The molecule has 1 aliphatic rings. The van der Waals surface area contributed by atoms with Crippen molar-refractivity contribution in [3.05, 3.63) is 29.8 Å². The second kappa shape index (κ2) is 11.7. The van der Waals surface area contributed by atoms with E-state index in [9.17, 15) is 9.59 Å². The molecule has 1 unspecified atom stereocenters. The molecule has 8 heteroatoms. The number of nitrogens with one attached hydrogen (secondary N) is 3. The topological polar surface area (TPSA) is 82.7 Å². The Hall–Kier alpha value is -2.35. The quantitative estimate of drug-likeness (QED) is 0.544. The number of amides is 2. The van der Waals surface area contributed by atoms with Gasteiger partial charge in [-0.15, -0.1) is 0 Å². The van der Waals surface area contributed by atoms with Crippen molar-refractivity contribution in [3.8, 4) is 5.75 Å². The Balaban J connectivity index is 2.07. The largest absolute Gasteiger partial charge is 0.497 e. The summed E-state index contributed by atoms with van der Waals surface area (Å²) in [6, 6.07) is 6.31. The van der Waals surface area contributed by atoms with Gasteiger partial charge in [-0.25, -0.2) is 0 Å². The number of methoxy groups -OCH3 is 1. The second-order valence-electron chi connectivity index (χ2n) is 7.98. The summed E-state index contributed by atoms with van der Waals surface area (Å²) in [4.78, 5) is 27.9. The van der Waals surface area contributed by atoms with Crippen molar-refractivity contribution in [2.45, 2.75) is 39.7 Å². The molecular weight excluding hydrogens is 400 g/mol. The summed E-state index contributed by atoms with van der Waals surface area (Å²) in [5, 5.41) is 9.88. The first-order valence-corrected chi connectivity index (χ1v) is 11.0. The van der Waals surface area contributed by atoms with E-state index in [0.717, 1.165) is 37.6 Å². The molecule has 1 aromatic rings. The van der Waals surface area contributed by atoms with Gasteiger partial charge in [0, 0.05) is 31.7 Å². The molecule has 0 bridgehead atoms. The summed E-state index contributed by atoms with van der Waals surface area (Å²) in [5.74, 6) is 0.694. The zero-order valence-corrected chi connectivity index (χ0v) is 19.2. The zero-order valence-electron chi connectivity index (χ0n) is 18.4. The molecule has 7 nitrogen and oxygen atoms in total. The molecule has 1 atom stereocenters. The SMILES string of the molecule is CCNC(=S)N1CCC(C(NC(=O)c2ccc(OC)cc2)C(=O)NCC(C)C)CC1. The van der Waals surface area contributed by atoms with Crippen molar-refractivity contribution >= 4 is 29.1 Å². The minimum atomic E-state index is -0.576. The smallest absolute Gasteiger partial charge is 0.251 e. The van der Waals surface area contributed by atoms with Gasteiger partial charge in [0.2, 0.25) is 5.91 Å². The number of ether oxygens (including phenoxy) is 1. The number of piperidine rings is 1. The lowest BCUT2D eigenvalue weighted by atomic mass is 9.88. The third-order valence-electron chi connectivity index (χ3n) is 5.23. The maximum atomic E-state index is 12.9. The molecule has 0 spiro atoms. The molecule has 2 amide bonds. The lowest BCUT2D eigenvalue weighted by Crippen LogP contribution is -2.54. The van der Waals surface area contributed by atoms with E-state index in [4.69, 9.17) is 17.0 Å². The number of likely N-dealkylation sites (tertiary alicyclic amines) is 1. The lowest BCUT2D eigenvalue weighted by molar-refractivity contribution is -0.124. The van der Waals surface area contributed by atoms with Crippen LogP contribution in [0.15, 0.2) is 24.3 Å². The van der Waals surface area contributed by atoms with Crippen LogP contribution < -0.4 is 20.7 Å². The van der Waals surface area contributed by atoms with E-state index >= 15 is 0 Å². The van der Waals surface area contributed by atoms with Crippen LogP contribution in [-0.4, -0.2) is 61.2 Å². The van der Waals surface area contributed by atoms with E-state index in [0.29, 0.717) is 23.8 Å². The molecule has 1 fully saturated rings. The van der Waals surface area contributed by atoms with Gasteiger partial charge in [-0.3, -0.25) is 9.59 Å². The minimum absolute atomic E-state index is 0.0556. The van der Waals surface area contributed by atoms with Gasteiger partial charge in [-0.2, -0.15) is 0 Å². The lowest BCUT2D eigenvalue weighted by Gasteiger charge is -2.37. The van der Waals surface area contributed by atoms with Crippen molar-refractivity contribution in [2.75, 3.05) is 33.3 Å². The number of hydrogen-bond donors (Lipinski definition) is 3. The standard InChI is InChI=1S/C22H34N4O3S/c1-5-23-22(30)26-12-10-16(11-13-26)19(21(28)24-14-15(2)3)25-20(27)17-6-8-18(29-4)9-7-17/h6-9,15-16,19H,5,10-14H2,1-4H3,(H,23,30)(H,24,28)(H,25,27). The Morgan fingerprint density at radius 3 is 2.33 bits per heavy atom. The highest BCUT2D eigenvalue weighted by molar-refractivity contribution is 7.80. The number of benzene rings is 1. The number of nitrogens with zero attached hydrogens (tertiary/aromatic N) is 1. The van der Waals surface area contributed by atoms with Gasteiger partial charge in [-0.1, -0.05) is 13.8 Å². The summed E-state index contributed by atoms with van der Waals surface area (Å²) in [7, 11) is 1.58. The van der Waals surface area contributed by atoms with Crippen LogP contribution in [0.1, 0.15) is 44.0 Å². The van der Waals surface area contributed by atoms with E-state index in [1.165, 1.54) is 0 Å². The van der Waals surface area contributed by atoms with E-state index in [1.54, 1.807) is 31.4 Å². The first-order valence-electron chi connectivity index (χ1n) is 10.6.